The Hall–Kier alpha value is -0.460. The summed E-state index contributed by atoms with van der Waals surface area (Å²) in [6.45, 7) is 12.6. The predicted molar refractivity (Wildman–Crippen MR) is 93.0 cm³/mol. The van der Waals surface area contributed by atoms with Gasteiger partial charge in [-0.3, -0.25) is 0 Å². The third-order valence-corrected chi connectivity index (χ3v) is 4.08. The zero-order chi connectivity index (χ0) is 15.4. The minimum atomic E-state index is 0.802. The zero-order valence-electron chi connectivity index (χ0n) is 15.0. The molecule has 120 valence electrons. The molecule has 0 aliphatic rings. The SMILES string of the molecule is C/C=C(/CCCCCCCC(C)C)N(C)CCC(C)C. The summed E-state index contributed by atoms with van der Waals surface area (Å²) in [5.74, 6) is 1.68. The van der Waals surface area contributed by atoms with Crippen molar-refractivity contribution in [2.45, 2.75) is 86.0 Å². The largest absolute Gasteiger partial charge is 0.378 e. The lowest BCUT2D eigenvalue weighted by atomic mass is 10.0. The maximum atomic E-state index is 2.46. The van der Waals surface area contributed by atoms with Gasteiger partial charge >= 0.3 is 0 Å². The first-order valence-corrected chi connectivity index (χ1v) is 8.83. The highest BCUT2D eigenvalue weighted by Gasteiger charge is 2.04. The Balaban J connectivity index is 3.65. The molecule has 1 heteroatoms. The average molecular weight is 282 g/mol. The molecule has 0 aromatic carbocycles. The minimum Gasteiger partial charge on any atom is -0.378 e. The quantitative estimate of drug-likeness (QED) is 0.382. The van der Waals surface area contributed by atoms with Crippen LogP contribution in [0.25, 0.3) is 0 Å². The topological polar surface area (TPSA) is 3.24 Å². The lowest BCUT2D eigenvalue weighted by Crippen LogP contribution is -2.20. The van der Waals surface area contributed by atoms with Crippen molar-refractivity contribution in [3.63, 3.8) is 0 Å². The van der Waals surface area contributed by atoms with Crippen LogP contribution < -0.4 is 0 Å². The first-order chi connectivity index (χ1) is 9.47. The highest BCUT2D eigenvalue weighted by Crippen LogP contribution is 2.16. The van der Waals surface area contributed by atoms with Crippen LogP contribution in [0.5, 0.6) is 0 Å². The first-order valence-electron chi connectivity index (χ1n) is 8.83. The molecule has 0 spiro atoms. The van der Waals surface area contributed by atoms with Gasteiger partial charge in [-0.25, -0.2) is 0 Å². The highest BCUT2D eigenvalue weighted by molar-refractivity contribution is 4.98. The lowest BCUT2D eigenvalue weighted by molar-refractivity contribution is 0.360. The molecule has 0 saturated heterocycles. The van der Waals surface area contributed by atoms with Crippen molar-refractivity contribution in [1.82, 2.24) is 4.90 Å². The van der Waals surface area contributed by atoms with Crippen molar-refractivity contribution in [1.29, 1.82) is 0 Å². The van der Waals surface area contributed by atoms with Gasteiger partial charge in [0.2, 0.25) is 0 Å². The van der Waals surface area contributed by atoms with Crippen LogP contribution in [-0.2, 0) is 0 Å². The number of hydrogen-bond acceptors (Lipinski definition) is 1. The summed E-state index contributed by atoms with van der Waals surface area (Å²) in [4.78, 5) is 2.46. The van der Waals surface area contributed by atoms with Gasteiger partial charge in [-0.1, -0.05) is 65.9 Å². The van der Waals surface area contributed by atoms with Gasteiger partial charge < -0.3 is 4.90 Å². The Kier molecular flexibility index (Phi) is 12.0. The Bertz CT molecular complexity index is 240. The van der Waals surface area contributed by atoms with Crippen molar-refractivity contribution < 1.29 is 0 Å². The molecule has 0 fully saturated rings. The molecule has 0 unspecified atom stereocenters. The van der Waals surface area contributed by atoms with Crippen LogP contribution in [0.2, 0.25) is 0 Å². The van der Waals surface area contributed by atoms with E-state index >= 15 is 0 Å². The summed E-state index contributed by atoms with van der Waals surface area (Å²) >= 11 is 0. The summed E-state index contributed by atoms with van der Waals surface area (Å²) in [6.07, 6.45) is 13.3. The molecule has 0 bridgehead atoms. The van der Waals surface area contributed by atoms with Gasteiger partial charge in [0.05, 0.1) is 0 Å². The minimum absolute atomic E-state index is 0.802. The third-order valence-electron chi connectivity index (χ3n) is 4.08. The number of rotatable bonds is 12. The molecule has 1 nitrogen and oxygen atoms in total. The van der Waals surface area contributed by atoms with Gasteiger partial charge in [0.25, 0.3) is 0 Å². The monoisotopic (exact) mass is 281 g/mol. The van der Waals surface area contributed by atoms with E-state index in [1.54, 1.807) is 0 Å². The van der Waals surface area contributed by atoms with Crippen molar-refractivity contribution in [3.8, 4) is 0 Å². The van der Waals surface area contributed by atoms with Crippen LogP contribution in [0.4, 0.5) is 0 Å². The van der Waals surface area contributed by atoms with Gasteiger partial charge in [0.15, 0.2) is 0 Å². The van der Waals surface area contributed by atoms with E-state index < -0.39 is 0 Å². The van der Waals surface area contributed by atoms with E-state index in [0.29, 0.717) is 0 Å². The highest BCUT2D eigenvalue weighted by atomic mass is 15.1. The summed E-state index contributed by atoms with van der Waals surface area (Å²) in [5, 5.41) is 0. The zero-order valence-corrected chi connectivity index (χ0v) is 15.0. The van der Waals surface area contributed by atoms with E-state index in [1.807, 2.05) is 0 Å². The van der Waals surface area contributed by atoms with E-state index in [9.17, 15) is 0 Å². The van der Waals surface area contributed by atoms with Gasteiger partial charge in [-0.05, 0) is 38.0 Å². The van der Waals surface area contributed by atoms with E-state index in [2.05, 4.69) is 52.6 Å². The average Bonchev–Trinajstić information content (AvgIpc) is 2.39. The normalized spacial score (nSPS) is 12.5. The summed E-state index contributed by atoms with van der Waals surface area (Å²) < 4.78 is 0. The Labute approximate surface area is 128 Å². The molecule has 0 rings (SSSR count). The summed E-state index contributed by atoms with van der Waals surface area (Å²) in [7, 11) is 2.25. The van der Waals surface area contributed by atoms with E-state index in [1.165, 1.54) is 63.6 Å². The van der Waals surface area contributed by atoms with E-state index in [-0.39, 0.29) is 0 Å². The van der Waals surface area contributed by atoms with E-state index in [0.717, 1.165) is 11.8 Å². The van der Waals surface area contributed by atoms with Crippen LogP contribution >= 0.6 is 0 Å². The molecule has 0 aromatic rings. The van der Waals surface area contributed by atoms with E-state index in [4.69, 9.17) is 0 Å². The van der Waals surface area contributed by atoms with Crippen LogP contribution in [0.15, 0.2) is 11.8 Å². The molecule has 0 atom stereocenters. The molecule has 0 radical (unpaired) electrons. The smallest absolute Gasteiger partial charge is 0.0174 e. The van der Waals surface area contributed by atoms with Gasteiger partial charge in [-0.15, -0.1) is 0 Å². The summed E-state index contributed by atoms with van der Waals surface area (Å²) in [6, 6.07) is 0. The standard InChI is InChI=1S/C19H39N/c1-7-19(20(6)16-15-18(4)5)14-12-10-8-9-11-13-17(2)3/h7,17-18H,8-16H2,1-6H3/b19-7-. The molecule has 0 saturated carbocycles. The van der Waals surface area contributed by atoms with Gasteiger partial charge in [0.1, 0.15) is 0 Å². The Morgan fingerprint density at radius 3 is 1.95 bits per heavy atom. The molecule has 0 heterocycles. The molecule has 0 aromatic heterocycles. The molecule has 0 aliphatic carbocycles. The third kappa shape index (κ3) is 11.4. The Morgan fingerprint density at radius 2 is 1.40 bits per heavy atom. The molecular formula is C19H39N. The van der Waals surface area contributed by atoms with Crippen LogP contribution in [0, 0.1) is 11.8 Å². The molecule has 20 heavy (non-hydrogen) atoms. The molecule has 0 aliphatic heterocycles. The predicted octanol–water partition coefficient (Wildman–Crippen LogP) is 6.25. The molecule has 0 amide bonds. The van der Waals surface area contributed by atoms with Gasteiger partial charge in [-0.2, -0.15) is 0 Å². The molecular weight excluding hydrogens is 242 g/mol. The number of hydrogen-bond donors (Lipinski definition) is 0. The van der Waals surface area contributed by atoms with Crippen LogP contribution in [0.3, 0.4) is 0 Å². The fourth-order valence-corrected chi connectivity index (χ4v) is 2.54. The van der Waals surface area contributed by atoms with Crippen molar-refractivity contribution in [2.75, 3.05) is 13.6 Å². The first kappa shape index (κ1) is 19.5. The maximum absolute atomic E-state index is 2.46. The molecule has 0 N–H and O–H groups in total. The van der Waals surface area contributed by atoms with Crippen molar-refractivity contribution in [3.05, 3.63) is 11.8 Å². The second-order valence-corrected chi connectivity index (χ2v) is 7.08. The lowest BCUT2D eigenvalue weighted by Gasteiger charge is -2.23. The second-order valence-electron chi connectivity index (χ2n) is 7.08. The fraction of sp³-hybridized carbons (Fsp3) is 0.895. The van der Waals surface area contributed by atoms with Crippen molar-refractivity contribution >= 4 is 0 Å². The van der Waals surface area contributed by atoms with Gasteiger partial charge in [0, 0.05) is 19.3 Å². The van der Waals surface area contributed by atoms with Crippen LogP contribution in [0.1, 0.15) is 86.0 Å². The van der Waals surface area contributed by atoms with Crippen LogP contribution in [-0.4, -0.2) is 18.5 Å². The fourth-order valence-electron chi connectivity index (χ4n) is 2.54. The number of nitrogens with zero attached hydrogens (tertiary/aromatic N) is 1. The number of unbranched alkanes of at least 4 members (excludes halogenated alkanes) is 4. The number of allylic oxidation sites excluding steroid dienone is 2. The maximum Gasteiger partial charge on any atom is 0.0174 e. The van der Waals surface area contributed by atoms with Crippen molar-refractivity contribution in [2.24, 2.45) is 11.8 Å². The second kappa shape index (κ2) is 12.3. The summed E-state index contributed by atoms with van der Waals surface area (Å²) in [5.41, 5.74) is 1.54. The Morgan fingerprint density at radius 1 is 0.850 bits per heavy atom.